The van der Waals surface area contributed by atoms with E-state index in [0.29, 0.717) is 0 Å². The SMILES string of the molecule is CCCCCCCCSc1ccccc1Cl. The van der Waals surface area contributed by atoms with Crippen molar-refractivity contribution in [3.63, 3.8) is 0 Å². The fourth-order valence-electron chi connectivity index (χ4n) is 1.63. The number of hydrogen-bond donors (Lipinski definition) is 0. The van der Waals surface area contributed by atoms with Gasteiger partial charge in [0, 0.05) is 4.90 Å². The van der Waals surface area contributed by atoms with E-state index < -0.39 is 0 Å². The highest BCUT2D eigenvalue weighted by Crippen LogP contribution is 2.27. The Balaban J connectivity index is 2.05. The predicted octanol–water partition coefficient (Wildman–Crippen LogP) is 5.79. The smallest absolute Gasteiger partial charge is 0.0541 e. The van der Waals surface area contributed by atoms with Crippen molar-refractivity contribution >= 4 is 23.4 Å². The predicted molar refractivity (Wildman–Crippen MR) is 75.6 cm³/mol. The number of unbranched alkanes of at least 4 members (excludes halogenated alkanes) is 5. The second-order valence-electron chi connectivity index (χ2n) is 4.05. The van der Waals surface area contributed by atoms with Crippen molar-refractivity contribution in [2.75, 3.05) is 5.75 Å². The molecule has 1 rings (SSSR count). The van der Waals surface area contributed by atoms with Crippen molar-refractivity contribution in [2.45, 2.75) is 50.3 Å². The van der Waals surface area contributed by atoms with Crippen LogP contribution in [-0.4, -0.2) is 5.75 Å². The molecule has 0 amide bonds. The molecular weight excluding hydrogens is 236 g/mol. The van der Waals surface area contributed by atoms with E-state index in [1.165, 1.54) is 49.2 Å². The highest BCUT2D eigenvalue weighted by Gasteiger charge is 1.98. The van der Waals surface area contributed by atoms with Crippen LogP contribution in [0.5, 0.6) is 0 Å². The zero-order valence-corrected chi connectivity index (χ0v) is 11.6. The van der Waals surface area contributed by atoms with E-state index in [1.807, 2.05) is 23.9 Å². The van der Waals surface area contributed by atoms with Crippen molar-refractivity contribution < 1.29 is 0 Å². The first kappa shape index (κ1) is 13.9. The lowest BCUT2D eigenvalue weighted by Crippen LogP contribution is -1.83. The molecule has 0 aliphatic heterocycles. The Morgan fingerprint density at radius 3 is 2.44 bits per heavy atom. The molecule has 0 nitrogen and oxygen atoms in total. The standard InChI is InChI=1S/C14H21ClS/c1-2-3-4-5-6-9-12-16-14-11-8-7-10-13(14)15/h7-8,10-11H,2-6,9,12H2,1H3. The lowest BCUT2D eigenvalue weighted by molar-refractivity contribution is 0.627. The average molecular weight is 257 g/mol. The Hall–Kier alpha value is -0.140. The summed E-state index contributed by atoms with van der Waals surface area (Å²) >= 11 is 7.96. The van der Waals surface area contributed by atoms with E-state index in [9.17, 15) is 0 Å². The van der Waals surface area contributed by atoms with Gasteiger partial charge in [-0.15, -0.1) is 11.8 Å². The molecule has 1 aromatic carbocycles. The van der Waals surface area contributed by atoms with E-state index in [-0.39, 0.29) is 0 Å². The van der Waals surface area contributed by atoms with Gasteiger partial charge in [0.25, 0.3) is 0 Å². The van der Waals surface area contributed by atoms with Gasteiger partial charge in [0.1, 0.15) is 0 Å². The molecular formula is C14H21ClS. The number of benzene rings is 1. The normalized spacial score (nSPS) is 10.6. The maximum absolute atomic E-state index is 6.08. The minimum absolute atomic E-state index is 0.887. The van der Waals surface area contributed by atoms with Crippen LogP contribution in [0.3, 0.4) is 0 Å². The number of hydrogen-bond acceptors (Lipinski definition) is 1. The van der Waals surface area contributed by atoms with Gasteiger partial charge in [-0.1, -0.05) is 62.8 Å². The van der Waals surface area contributed by atoms with Gasteiger partial charge in [-0.05, 0) is 24.3 Å². The molecule has 0 atom stereocenters. The monoisotopic (exact) mass is 256 g/mol. The molecule has 0 bridgehead atoms. The summed E-state index contributed by atoms with van der Waals surface area (Å²) in [7, 11) is 0. The third kappa shape index (κ3) is 5.81. The zero-order chi connectivity index (χ0) is 11.6. The molecule has 0 aliphatic rings. The Bertz CT molecular complexity index is 286. The molecule has 0 saturated carbocycles. The molecule has 1 aromatic rings. The summed E-state index contributed by atoms with van der Waals surface area (Å²) in [6.45, 7) is 2.26. The molecule has 0 unspecified atom stereocenters. The largest absolute Gasteiger partial charge is 0.125 e. The summed E-state index contributed by atoms with van der Waals surface area (Å²) in [6, 6.07) is 8.10. The van der Waals surface area contributed by atoms with Crippen LogP contribution in [-0.2, 0) is 0 Å². The summed E-state index contributed by atoms with van der Waals surface area (Å²) in [5, 5.41) is 0.887. The summed E-state index contributed by atoms with van der Waals surface area (Å²) < 4.78 is 0. The van der Waals surface area contributed by atoms with Gasteiger partial charge in [0.2, 0.25) is 0 Å². The van der Waals surface area contributed by atoms with E-state index in [2.05, 4.69) is 19.1 Å². The van der Waals surface area contributed by atoms with Crippen LogP contribution in [0.4, 0.5) is 0 Å². The molecule has 0 aliphatic carbocycles. The lowest BCUT2D eigenvalue weighted by atomic mass is 10.1. The molecule has 0 spiro atoms. The van der Waals surface area contributed by atoms with Gasteiger partial charge in [-0.2, -0.15) is 0 Å². The minimum atomic E-state index is 0.887. The third-order valence-corrected chi connectivity index (χ3v) is 4.19. The first-order chi connectivity index (χ1) is 7.84. The van der Waals surface area contributed by atoms with E-state index in [0.717, 1.165) is 5.02 Å². The van der Waals surface area contributed by atoms with Crippen LogP contribution in [0.1, 0.15) is 45.4 Å². The van der Waals surface area contributed by atoms with Gasteiger partial charge in [-0.3, -0.25) is 0 Å². The van der Waals surface area contributed by atoms with Crippen LogP contribution in [0.15, 0.2) is 29.2 Å². The Morgan fingerprint density at radius 1 is 1.00 bits per heavy atom. The number of rotatable bonds is 8. The zero-order valence-electron chi connectivity index (χ0n) is 10.0. The van der Waals surface area contributed by atoms with Crippen molar-refractivity contribution in [3.8, 4) is 0 Å². The van der Waals surface area contributed by atoms with Crippen molar-refractivity contribution in [2.24, 2.45) is 0 Å². The van der Waals surface area contributed by atoms with Gasteiger partial charge < -0.3 is 0 Å². The Labute approximate surface area is 109 Å². The van der Waals surface area contributed by atoms with E-state index in [4.69, 9.17) is 11.6 Å². The molecule has 16 heavy (non-hydrogen) atoms. The molecule has 90 valence electrons. The van der Waals surface area contributed by atoms with E-state index in [1.54, 1.807) is 0 Å². The number of halogens is 1. The molecule has 0 N–H and O–H groups in total. The Morgan fingerprint density at radius 2 is 1.69 bits per heavy atom. The highest BCUT2D eigenvalue weighted by atomic mass is 35.5. The summed E-state index contributed by atoms with van der Waals surface area (Å²) in [6.07, 6.45) is 8.16. The fourth-order valence-corrected chi connectivity index (χ4v) is 2.87. The van der Waals surface area contributed by atoms with Crippen LogP contribution in [0.25, 0.3) is 0 Å². The second-order valence-corrected chi connectivity index (χ2v) is 5.59. The topological polar surface area (TPSA) is 0 Å². The molecule has 2 heteroatoms. The first-order valence-electron chi connectivity index (χ1n) is 6.22. The maximum atomic E-state index is 6.08. The van der Waals surface area contributed by atoms with Gasteiger partial charge >= 0.3 is 0 Å². The van der Waals surface area contributed by atoms with Gasteiger partial charge in [-0.25, -0.2) is 0 Å². The summed E-state index contributed by atoms with van der Waals surface area (Å²) in [4.78, 5) is 1.22. The molecule has 0 heterocycles. The Kier molecular flexibility index (Phi) is 7.79. The highest BCUT2D eigenvalue weighted by molar-refractivity contribution is 7.99. The number of thioether (sulfide) groups is 1. The lowest BCUT2D eigenvalue weighted by Gasteiger charge is -2.03. The second kappa shape index (κ2) is 8.95. The van der Waals surface area contributed by atoms with Crippen LogP contribution < -0.4 is 0 Å². The van der Waals surface area contributed by atoms with Gasteiger partial charge in [0.05, 0.1) is 5.02 Å². The molecule has 0 saturated heterocycles. The van der Waals surface area contributed by atoms with Crippen LogP contribution in [0, 0.1) is 0 Å². The first-order valence-corrected chi connectivity index (χ1v) is 7.58. The quantitative estimate of drug-likeness (QED) is 0.419. The van der Waals surface area contributed by atoms with Gasteiger partial charge in [0.15, 0.2) is 0 Å². The van der Waals surface area contributed by atoms with Crippen LogP contribution in [0.2, 0.25) is 5.02 Å². The summed E-state index contributed by atoms with van der Waals surface area (Å²) in [5.41, 5.74) is 0. The molecule has 0 fully saturated rings. The maximum Gasteiger partial charge on any atom is 0.0541 e. The molecule has 0 radical (unpaired) electrons. The van der Waals surface area contributed by atoms with Crippen LogP contribution >= 0.6 is 23.4 Å². The third-order valence-electron chi connectivity index (χ3n) is 2.59. The minimum Gasteiger partial charge on any atom is -0.125 e. The summed E-state index contributed by atoms with van der Waals surface area (Å²) in [5.74, 6) is 1.19. The van der Waals surface area contributed by atoms with Crippen molar-refractivity contribution in [1.82, 2.24) is 0 Å². The fraction of sp³-hybridized carbons (Fsp3) is 0.571. The molecule has 0 aromatic heterocycles. The van der Waals surface area contributed by atoms with Crippen molar-refractivity contribution in [1.29, 1.82) is 0 Å². The average Bonchev–Trinajstić information content (AvgIpc) is 2.30. The van der Waals surface area contributed by atoms with Crippen molar-refractivity contribution in [3.05, 3.63) is 29.3 Å². The van der Waals surface area contributed by atoms with E-state index >= 15 is 0 Å².